The van der Waals surface area contributed by atoms with Crippen LogP contribution in [0.25, 0.3) is 11.3 Å². The van der Waals surface area contributed by atoms with E-state index >= 15 is 0 Å². The average molecular weight is 342 g/mol. The third-order valence-electron chi connectivity index (χ3n) is 5.35. The molecule has 1 aliphatic rings. The normalized spacial score (nSPS) is 17.3. The number of nitriles is 1. The van der Waals surface area contributed by atoms with Crippen LogP contribution in [0.5, 0.6) is 0 Å². The van der Waals surface area contributed by atoms with Crippen molar-refractivity contribution in [1.82, 2.24) is 14.8 Å². The number of aromatic nitrogens is 3. The molecule has 4 heteroatoms. The van der Waals surface area contributed by atoms with Gasteiger partial charge in [-0.05, 0) is 43.9 Å². The molecular weight excluding hydrogens is 320 g/mol. The first-order valence-electron chi connectivity index (χ1n) is 9.23. The topological polar surface area (TPSA) is 54.5 Å². The van der Waals surface area contributed by atoms with E-state index < -0.39 is 0 Å². The van der Waals surface area contributed by atoms with Gasteiger partial charge in [-0.3, -0.25) is 9.67 Å². The van der Waals surface area contributed by atoms with Gasteiger partial charge < -0.3 is 0 Å². The van der Waals surface area contributed by atoms with Crippen molar-refractivity contribution in [1.29, 1.82) is 5.26 Å². The Hall–Kier alpha value is -2.93. The molecule has 1 aliphatic carbocycles. The molecule has 0 amide bonds. The number of rotatable bonds is 4. The van der Waals surface area contributed by atoms with E-state index in [0.717, 1.165) is 30.5 Å². The summed E-state index contributed by atoms with van der Waals surface area (Å²) in [5.74, 6) is 0.260. The third kappa shape index (κ3) is 2.90. The number of pyridine rings is 1. The summed E-state index contributed by atoms with van der Waals surface area (Å²) >= 11 is 0. The molecule has 0 saturated carbocycles. The number of fused-ring (bicyclic) bond motifs is 1. The van der Waals surface area contributed by atoms with Gasteiger partial charge in [0.05, 0.1) is 17.8 Å². The Labute approximate surface area is 154 Å². The molecule has 1 aromatic carbocycles. The van der Waals surface area contributed by atoms with Crippen molar-refractivity contribution in [3.8, 4) is 17.3 Å². The summed E-state index contributed by atoms with van der Waals surface area (Å²) in [6.45, 7) is 2.20. The minimum absolute atomic E-state index is 0.163. The van der Waals surface area contributed by atoms with Crippen molar-refractivity contribution >= 4 is 0 Å². The van der Waals surface area contributed by atoms with Crippen molar-refractivity contribution in [2.24, 2.45) is 0 Å². The summed E-state index contributed by atoms with van der Waals surface area (Å²) in [5.41, 5.74) is 5.82. The van der Waals surface area contributed by atoms with Crippen molar-refractivity contribution in [2.45, 2.75) is 44.6 Å². The highest BCUT2D eigenvalue weighted by Crippen LogP contribution is 2.41. The highest BCUT2D eigenvalue weighted by atomic mass is 15.3. The van der Waals surface area contributed by atoms with Crippen molar-refractivity contribution < 1.29 is 0 Å². The van der Waals surface area contributed by atoms with Crippen LogP contribution >= 0.6 is 0 Å². The molecule has 130 valence electrons. The molecule has 4 rings (SSSR count). The lowest BCUT2D eigenvalue weighted by atomic mass is 9.82. The predicted octanol–water partition coefficient (Wildman–Crippen LogP) is 4.89. The monoisotopic (exact) mass is 342 g/mol. The molecule has 2 heterocycles. The minimum atomic E-state index is 0.163. The molecule has 26 heavy (non-hydrogen) atoms. The fourth-order valence-electron chi connectivity index (χ4n) is 4.04. The summed E-state index contributed by atoms with van der Waals surface area (Å²) in [5, 5.41) is 14.3. The zero-order valence-corrected chi connectivity index (χ0v) is 15.0. The molecule has 0 fully saturated rings. The Morgan fingerprint density at radius 1 is 1.23 bits per heavy atom. The second-order valence-electron chi connectivity index (χ2n) is 6.93. The summed E-state index contributed by atoms with van der Waals surface area (Å²) in [6, 6.07) is 17.0. The Kier molecular flexibility index (Phi) is 4.53. The Balaban J connectivity index is 1.87. The van der Waals surface area contributed by atoms with E-state index in [2.05, 4.69) is 53.0 Å². The molecule has 3 aromatic rings. The lowest BCUT2D eigenvalue weighted by Gasteiger charge is -2.24. The Morgan fingerprint density at radius 2 is 2.08 bits per heavy atom. The fourth-order valence-corrected chi connectivity index (χ4v) is 4.04. The second kappa shape index (κ2) is 7.13. The maximum Gasteiger partial charge on any atom is 0.0976 e. The fraction of sp³-hybridized carbons (Fsp3) is 0.318. The van der Waals surface area contributed by atoms with Gasteiger partial charge in [0.2, 0.25) is 0 Å². The van der Waals surface area contributed by atoms with Crippen molar-refractivity contribution in [3.63, 3.8) is 0 Å². The van der Waals surface area contributed by atoms with Gasteiger partial charge >= 0.3 is 0 Å². The van der Waals surface area contributed by atoms with Crippen molar-refractivity contribution in [2.75, 3.05) is 0 Å². The van der Waals surface area contributed by atoms with Gasteiger partial charge in [-0.2, -0.15) is 10.4 Å². The third-order valence-corrected chi connectivity index (χ3v) is 5.35. The number of nitrogens with zero attached hydrogens (tertiary/aromatic N) is 4. The molecule has 2 atom stereocenters. The van der Waals surface area contributed by atoms with Gasteiger partial charge in [-0.1, -0.05) is 30.3 Å². The van der Waals surface area contributed by atoms with Crippen LogP contribution in [0.4, 0.5) is 0 Å². The number of hydrogen-bond donors (Lipinski definition) is 0. The quantitative estimate of drug-likeness (QED) is 0.678. The predicted molar refractivity (Wildman–Crippen MR) is 102 cm³/mol. The van der Waals surface area contributed by atoms with E-state index in [-0.39, 0.29) is 12.0 Å². The summed E-state index contributed by atoms with van der Waals surface area (Å²) < 4.78 is 2.18. The molecule has 0 bridgehead atoms. The van der Waals surface area contributed by atoms with Crippen LogP contribution in [0.3, 0.4) is 0 Å². The van der Waals surface area contributed by atoms with Gasteiger partial charge in [-0.15, -0.1) is 0 Å². The zero-order valence-electron chi connectivity index (χ0n) is 15.0. The lowest BCUT2D eigenvalue weighted by molar-refractivity contribution is 0.495. The first-order chi connectivity index (χ1) is 12.8. The molecule has 0 spiro atoms. The van der Waals surface area contributed by atoms with Gasteiger partial charge in [0.15, 0.2) is 0 Å². The minimum Gasteiger partial charge on any atom is -0.264 e. The van der Waals surface area contributed by atoms with E-state index in [9.17, 15) is 5.26 Å². The summed E-state index contributed by atoms with van der Waals surface area (Å²) in [6.07, 6.45) is 7.39. The smallest absolute Gasteiger partial charge is 0.0976 e. The van der Waals surface area contributed by atoms with Gasteiger partial charge in [0.25, 0.3) is 0 Å². The molecular formula is C22H22N4. The van der Waals surface area contributed by atoms with Crippen molar-refractivity contribution in [3.05, 3.63) is 71.7 Å². The van der Waals surface area contributed by atoms with E-state index in [0.29, 0.717) is 6.42 Å². The molecule has 0 aliphatic heterocycles. The van der Waals surface area contributed by atoms with Crippen LogP contribution in [-0.4, -0.2) is 14.8 Å². The van der Waals surface area contributed by atoms with Crippen LogP contribution in [0.2, 0.25) is 0 Å². The van der Waals surface area contributed by atoms with Crippen LogP contribution in [-0.2, 0) is 6.42 Å². The van der Waals surface area contributed by atoms with Crippen LogP contribution in [0.1, 0.15) is 55.0 Å². The molecule has 0 saturated heterocycles. The maximum atomic E-state index is 9.31. The first-order valence-corrected chi connectivity index (χ1v) is 9.23. The van der Waals surface area contributed by atoms with Gasteiger partial charge in [0, 0.05) is 41.6 Å². The summed E-state index contributed by atoms with van der Waals surface area (Å²) in [7, 11) is 0. The maximum absolute atomic E-state index is 9.31. The first kappa shape index (κ1) is 16.5. The van der Waals surface area contributed by atoms with Crippen LogP contribution in [0, 0.1) is 11.3 Å². The van der Waals surface area contributed by atoms with E-state index in [1.807, 2.05) is 18.3 Å². The van der Waals surface area contributed by atoms with Gasteiger partial charge in [-0.25, -0.2) is 0 Å². The standard InChI is InChI=1S/C22H22N4/c1-16(17-7-3-2-4-8-17)26-20-11-5-9-18(12-13-23)21(20)22(25-26)19-10-6-14-24-15-19/h2-4,6-8,10,14-16,18H,5,9,11-12H2,1H3. The lowest BCUT2D eigenvalue weighted by Crippen LogP contribution is -2.16. The molecule has 2 unspecified atom stereocenters. The number of hydrogen-bond acceptors (Lipinski definition) is 3. The van der Waals surface area contributed by atoms with E-state index in [4.69, 9.17) is 5.10 Å². The van der Waals surface area contributed by atoms with Crippen LogP contribution < -0.4 is 0 Å². The SMILES string of the molecule is CC(c1ccccc1)n1nc(-c2cccnc2)c2c1CCCC2CC#N. The highest BCUT2D eigenvalue weighted by molar-refractivity contribution is 5.65. The molecule has 0 N–H and O–H groups in total. The zero-order chi connectivity index (χ0) is 17.9. The molecule has 2 aromatic heterocycles. The number of benzene rings is 1. The average Bonchev–Trinajstić information content (AvgIpc) is 3.10. The Bertz CT molecular complexity index is 922. The second-order valence-corrected chi connectivity index (χ2v) is 6.93. The molecule has 4 nitrogen and oxygen atoms in total. The van der Waals surface area contributed by atoms with Gasteiger partial charge in [0.1, 0.15) is 0 Å². The summed E-state index contributed by atoms with van der Waals surface area (Å²) in [4.78, 5) is 4.28. The largest absolute Gasteiger partial charge is 0.264 e. The molecule has 0 radical (unpaired) electrons. The van der Waals surface area contributed by atoms with E-state index in [1.54, 1.807) is 6.20 Å². The Morgan fingerprint density at radius 3 is 2.81 bits per heavy atom. The highest BCUT2D eigenvalue weighted by Gasteiger charge is 2.30. The van der Waals surface area contributed by atoms with Crippen LogP contribution in [0.15, 0.2) is 54.9 Å². The van der Waals surface area contributed by atoms with E-state index in [1.165, 1.54) is 16.8 Å².